The third kappa shape index (κ3) is 4.29. The molecule has 0 spiro atoms. The molecule has 118 valence electrons. The summed E-state index contributed by atoms with van der Waals surface area (Å²) < 4.78 is 34.0. The van der Waals surface area contributed by atoms with E-state index in [1.54, 1.807) is 0 Å². The third-order valence-electron chi connectivity index (χ3n) is 3.35. The number of carbonyl (C=O) groups is 1. The lowest BCUT2D eigenvalue weighted by atomic mass is 9.93. The van der Waals surface area contributed by atoms with Crippen molar-refractivity contribution in [3.05, 3.63) is 18.2 Å². The van der Waals surface area contributed by atoms with E-state index in [-0.39, 0.29) is 17.4 Å². The topological polar surface area (TPSA) is 73.6 Å². The lowest BCUT2D eigenvalue weighted by Gasteiger charge is -2.25. The highest BCUT2D eigenvalue weighted by Crippen LogP contribution is 2.31. The van der Waals surface area contributed by atoms with Crippen molar-refractivity contribution in [3.63, 3.8) is 0 Å². The first-order chi connectivity index (χ1) is 9.86. The van der Waals surface area contributed by atoms with Crippen molar-refractivity contribution in [1.82, 2.24) is 0 Å². The number of nitrogens with one attached hydrogen (secondary N) is 1. The molecule has 0 saturated heterocycles. The molecule has 0 aliphatic carbocycles. The Morgan fingerprint density at radius 1 is 1.33 bits per heavy atom. The molecule has 21 heavy (non-hydrogen) atoms. The minimum atomic E-state index is -2.98. The zero-order chi connectivity index (χ0) is 16.0. The molecule has 1 amide bonds. The second-order valence-corrected chi connectivity index (χ2v) is 4.56. The predicted molar refractivity (Wildman–Crippen MR) is 75.8 cm³/mol. The Balaban J connectivity index is 2.97. The van der Waals surface area contributed by atoms with Crippen LogP contribution in [0, 0.1) is 0 Å². The summed E-state index contributed by atoms with van der Waals surface area (Å²) in [5.74, 6) is -0.375. The summed E-state index contributed by atoms with van der Waals surface area (Å²) in [6, 6.07) is 4.23. The largest absolute Gasteiger partial charge is 0.493 e. The van der Waals surface area contributed by atoms with Crippen molar-refractivity contribution in [2.75, 3.05) is 12.4 Å². The number of rotatable bonds is 7. The van der Waals surface area contributed by atoms with Crippen molar-refractivity contribution in [1.29, 1.82) is 0 Å². The van der Waals surface area contributed by atoms with Crippen LogP contribution in [0.2, 0.25) is 0 Å². The molecule has 3 N–H and O–H groups in total. The molecule has 0 unspecified atom stereocenters. The van der Waals surface area contributed by atoms with E-state index in [4.69, 9.17) is 10.5 Å². The standard InChI is InChI=1S/C14H20F2N2O3/c1-4-14(17,5-2)12(19)18-9-6-7-10(20-3)11(8-9)21-13(15)16/h6-8,13H,4-5,17H2,1-3H3,(H,18,19). The van der Waals surface area contributed by atoms with Crippen molar-refractivity contribution in [2.45, 2.75) is 38.8 Å². The van der Waals surface area contributed by atoms with E-state index in [1.165, 1.54) is 25.3 Å². The minimum Gasteiger partial charge on any atom is -0.493 e. The molecule has 7 heteroatoms. The van der Waals surface area contributed by atoms with Crippen LogP contribution >= 0.6 is 0 Å². The average molecular weight is 302 g/mol. The van der Waals surface area contributed by atoms with Gasteiger partial charge in [0.2, 0.25) is 5.91 Å². The molecule has 0 aliphatic heterocycles. The third-order valence-corrected chi connectivity index (χ3v) is 3.35. The Bertz CT molecular complexity index is 491. The summed E-state index contributed by atoms with van der Waals surface area (Å²) >= 11 is 0. The van der Waals surface area contributed by atoms with Crippen LogP contribution in [-0.4, -0.2) is 25.2 Å². The molecule has 0 bridgehead atoms. The van der Waals surface area contributed by atoms with E-state index in [1.807, 2.05) is 13.8 Å². The van der Waals surface area contributed by atoms with Crippen molar-refractivity contribution in [3.8, 4) is 11.5 Å². The monoisotopic (exact) mass is 302 g/mol. The average Bonchev–Trinajstić information content (AvgIpc) is 2.46. The molecule has 1 rings (SSSR count). The molecule has 1 aromatic carbocycles. The number of halogens is 2. The maximum Gasteiger partial charge on any atom is 0.387 e. The van der Waals surface area contributed by atoms with Gasteiger partial charge < -0.3 is 20.5 Å². The number of methoxy groups -OCH3 is 1. The fraction of sp³-hybridized carbons (Fsp3) is 0.500. The molecule has 0 fully saturated rings. The van der Waals surface area contributed by atoms with Gasteiger partial charge in [0.25, 0.3) is 0 Å². The Labute approximate surface area is 122 Å². The highest BCUT2D eigenvalue weighted by atomic mass is 19.3. The van der Waals surface area contributed by atoms with Gasteiger partial charge in [-0.05, 0) is 25.0 Å². The Hall–Kier alpha value is -1.89. The summed E-state index contributed by atoms with van der Waals surface area (Å²) in [5.41, 5.74) is 5.29. The van der Waals surface area contributed by atoms with E-state index < -0.39 is 12.2 Å². The van der Waals surface area contributed by atoms with Crippen LogP contribution < -0.4 is 20.5 Å². The van der Waals surface area contributed by atoms with Crippen LogP contribution in [0.4, 0.5) is 14.5 Å². The summed E-state index contributed by atoms with van der Waals surface area (Å²) in [7, 11) is 1.34. The first-order valence-electron chi connectivity index (χ1n) is 6.59. The number of nitrogens with two attached hydrogens (primary N) is 1. The molecule has 0 heterocycles. The molecule has 0 radical (unpaired) electrons. The number of anilines is 1. The zero-order valence-corrected chi connectivity index (χ0v) is 12.3. The van der Waals surface area contributed by atoms with Crippen LogP contribution in [0.25, 0.3) is 0 Å². The van der Waals surface area contributed by atoms with Gasteiger partial charge in [-0.2, -0.15) is 8.78 Å². The Morgan fingerprint density at radius 3 is 2.43 bits per heavy atom. The van der Waals surface area contributed by atoms with Gasteiger partial charge in [0.15, 0.2) is 11.5 Å². The maximum atomic E-state index is 12.3. The fourth-order valence-electron chi connectivity index (χ4n) is 1.77. The second kappa shape index (κ2) is 7.21. The number of ether oxygens (including phenoxy) is 2. The number of carbonyl (C=O) groups excluding carboxylic acids is 1. The predicted octanol–water partition coefficient (Wildman–Crippen LogP) is 2.75. The number of alkyl halides is 2. The second-order valence-electron chi connectivity index (χ2n) is 4.56. The Morgan fingerprint density at radius 2 is 1.95 bits per heavy atom. The van der Waals surface area contributed by atoms with E-state index >= 15 is 0 Å². The van der Waals surface area contributed by atoms with Gasteiger partial charge in [0, 0.05) is 11.8 Å². The van der Waals surface area contributed by atoms with Crippen LogP contribution in [0.1, 0.15) is 26.7 Å². The van der Waals surface area contributed by atoms with Crippen LogP contribution in [-0.2, 0) is 4.79 Å². The highest BCUT2D eigenvalue weighted by Gasteiger charge is 2.30. The molecular formula is C14H20F2N2O3. The van der Waals surface area contributed by atoms with Gasteiger partial charge in [-0.15, -0.1) is 0 Å². The van der Waals surface area contributed by atoms with Gasteiger partial charge in [0.1, 0.15) is 0 Å². The van der Waals surface area contributed by atoms with Crippen molar-refractivity contribution >= 4 is 11.6 Å². The Kier molecular flexibility index (Phi) is 5.90. The van der Waals surface area contributed by atoms with Gasteiger partial charge in [-0.25, -0.2) is 0 Å². The smallest absolute Gasteiger partial charge is 0.387 e. The molecular weight excluding hydrogens is 282 g/mol. The summed E-state index contributed by atoms with van der Waals surface area (Å²) in [5, 5.41) is 2.60. The molecule has 1 aromatic rings. The lowest BCUT2D eigenvalue weighted by Crippen LogP contribution is -2.50. The summed E-state index contributed by atoms with van der Waals surface area (Å²) in [4.78, 5) is 12.1. The number of hydrogen-bond acceptors (Lipinski definition) is 4. The lowest BCUT2D eigenvalue weighted by molar-refractivity contribution is -0.121. The van der Waals surface area contributed by atoms with E-state index in [0.29, 0.717) is 18.5 Å². The summed E-state index contributed by atoms with van der Waals surface area (Å²) in [6.07, 6.45) is 0.928. The quantitative estimate of drug-likeness (QED) is 0.812. The molecule has 0 aliphatic rings. The van der Waals surface area contributed by atoms with Gasteiger partial charge >= 0.3 is 6.61 Å². The van der Waals surface area contributed by atoms with Crippen LogP contribution in [0.5, 0.6) is 11.5 Å². The molecule has 0 atom stereocenters. The first kappa shape index (κ1) is 17.2. The number of amides is 1. The number of benzene rings is 1. The molecule has 0 aromatic heterocycles. The first-order valence-corrected chi connectivity index (χ1v) is 6.59. The van der Waals surface area contributed by atoms with Gasteiger partial charge in [0.05, 0.1) is 12.6 Å². The van der Waals surface area contributed by atoms with Crippen LogP contribution in [0.3, 0.4) is 0 Å². The van der Waals surface area contributed by atoms with E-state index in [0.717, 1.165) is 0 Å². The van der Waals surface area contributed by atoms with Crippen molar-refractivity contribution < 1.29 is 23.0 Å². The minimum absolute atomic E-state index is 0.151. The van der Waals surface area contributed by atoms with Gasteiger partial charge in [-0.3, -0.25) is 4.79 Å². The van der Waals surface area contributed by atoms with Gasteiger partial charge in [-0.1, -0.05) is 13.8 Å². The highest BCUT2D eigenvalue weighted by molar-refractivity contribution is 5.98. The number of hydrogen-bond donors (Lipinski definition) is 2. The zero-order valence-electron chi connectivity index (χ0n) is 12.3. The SMILES string of the molecule is CCC(N)(CC)C(=O)Nc1ccc(OC)c(OC(F)F)c1. The normalized spacial score (nSPS) is 11.4. The van der Waals surface area contributed by atoms with E-state index in [9.17, 15) is 13.6 Å². The maximum absolute atomic E-state index is 12.3. The molecule has 5 nitrogen and oxygen atoms in total. The van der Waals surface area contributed by atoms with E-state index in [2.05, 4.69) is 10.1 Å². The molecule has 0 saturated carbocycles. The fourth-order valence-corrected chi connectivity index (χ4v) is 1.77. The summed E-state index contributed by atoms with van der Waals surface area (Å²) in [6.45, 7) is 0.634. The van der Waals surface area contributed by atoms with Crippen molar-refractivity contribution in [2.24, 2.45) is 5.73 Å². The van der Waals surface area contributed by atoms with Crippen LogP contribution in [0.15, 0.2) is 18.2 Å².